The van der Waals surface area contributed by atoms with E-state index < -0.39 is 0 Å². The van der Waals surface area contributed by atoms with Crippen LogP contribution in [0.25, 0.3) is 5.69 Å². The van der Waals surface area contributed by atoms with Crippen LogP contribution in [-0.4, -0.2) is 43.1 Å². The Bertz CT molecular complexity index is 1780. The van der Waals surface area contributed by atoms with Gasteiger partial charge in [0.15, 0.2) is 11.0 Å². The third-order valence-electron chi connectivity index (χ3n) is 7.01. The van der Waals surface area contributed by atoms with Crippen LogP contribution in [0.1, 0.15) is 49.5 Å². The number of hydrogen-bond donors (Lipinski definition) is 1. The van der Waals surface area contributed by atoms with Crippen LogP contribution < -0.4 is 5.32 Å². The monoisotopic (exact) mass is 630 g/mol. The first-order valence-electron chi connectivity index (χ1n) is 13.5. The van der Waals surface area contributed by atoms with E-state index in [-0.39, 0.29) is 36.0 Å². The smallest absolute Gasteiger partial charge is 0.261 e. The standard InChI is InChI=1S/C31H27FN6O2S3/c1-19-7-8-20(2)24(15-19)37-28(17-33-30(40)27-6-4-14-42-27)34-35-31(37)43-18-29(39)38-25(21-9-11-22(32)12-10-21)16-23(36-38)26-5-3-13-41-26/h3-15,25H,16-18H2,1-2H3,(H,33,40)/t25-/m0/s1. The van der Waals surface area contributed by atoms with Crippen LogP contribution in [0.4, 0.5) is 4.39 Å². The van der Waals surface area contributed by atoms with E-state index in [9.17, 15) is 14.0 Å². The molecule has 218 valence electrons. The van der Waals surface area contributed by atoms with Gasteiger partial charge in [-0.1, -0.05) is 48.2 Å². The Hall–Kier alpha value is -4.13. The van der Waals surface area contributed by atoms with Gasteiger partial charge in [0.1, 0.15) is 5.82 Å². The summed E-state index contributed by atoms with van der Waals surface area (Å²) >= 11 is 4.20. The lowest BCUT2D eigenvalue weighted by Crippen LogP contribution is -2.28. The first-order valence-corrected chi connectivity index (χ1v) is 16.3. The van der Waals surface area contributed by atoms with Crippen molar-refractivity contribution in [2.75, 3.05) is 5.75 Å². The number of thioether (sulfide) groups is 1. The number of hydrazone groups is 1. The molecule has 0 aliphatic carbocycles. The minimum atomic E-state index is -0.342. The Morgan fingerprint density at radius 1 is 1.02 bits per heavy atom. The lowest BCUT2D eigenvalue weighted by Gasteiger charge is -2.22. The Labute approximate surface area is 260 Å². The molecule has 43 heavy (non-hydrogen) atoms. The number of thiophene rings is 2. The molecule has 2 amide bonds. The highest BCUT2D eigenvalue weighted by Crippen LogP contribution is 2.35. The van der Waals surface area contributed by atoms with Crippen molar-refractivity contribution < 1.29 is 14.0 Å². The predicted molar refractivity (Wildman–Crippen MR) is 169 cm³/mol. The number of nitrogens with one attached hydrogen (secondary N) is 1. The van der Waals surface area contributed by atoms with Gasteiger partial charge >= 0.3 is 0 Å². The summed E-state index contributed by atoms with van der Waals surface area (Å²) in [4.78, 5) is 28.0. The maximum absolute atomic E-state index is 13.7. The average molecular weight is 631 g/mol. The summed E-state index contributed by atoms with van der Waals surface area (Å²) in [6.07, 6.45) is 0.537. The largest absolute Gasteiger partial charge is 0.344 e. The molecule has 5 aromatic rings. The SMILES string of the molecule is Cc1ccc(C)c(-n2c(CNC(=O)c3cccs3)nnc2SCC(=O)N2N=C(c3cccs3)C[C@H]2c2ccc(F)cc2)c1. The Balaban J connectivity index is 1.26. The second-order valence-corrected chi connectivity index (χ2v) is 12.8. The van der Waals surface area contributed by atoms with E-state index >= 15 is 0 Å². The van der Waals surface area contributed by atoms with E-state index in [1.165, 1.54) is 40.2 Å². The van der Waals surface area contributed by atoms with Gasteiger partial charge in [0.25, 0.3) is 11.8 Å². The third kappa shape index (κ3) is 6.31. The van der Waals surface area contributed by atoms with Crippen molar-refractivity contribution in [1.82, 2.24) is 25.1 Å². The number of rotatable bonds is 9. The molecule has 1 aliphatic heterocycles. The molecule has 1 aliphatic rings. The summed E-state index contributed by atoms with van der Waals surface area (Å²) in [5, 5.41) is 22.4. The third-order valence-corrected chi connectivity index (χ3v) is 9.71. The molecule has 3 aromatic heterocycles. The van der Waals surface area contributed by atoms with Gasteiger partial charge in [-0.15, -0.1) is 32.9 Å². The average Bonchev–Trinajstić information content (AvgIpc) is 3.83. The minimum Gasteiger partial charge on any atom is -0.344 e. The number of hydrogen-bond acceptors (Lipinski definition) is 8. The summed E-state index contributed by atoms with van der Waals surface area (Å²) in [5.74, 6) is -0.104. The first-order chi connectivity index (χ1) is 20.9. The van der Waals surface area contributed by atoms with Crippen molar-refractivity contribution in [1.29, 1.82) is 0 Å². The van der Waals surface area contributed by atoms with Gasteiger partial charge < -0.3 is 5.32 Å². The van der Waals surface area contributed by atoms with Crippen molar-refractivity contribution in [3.63, 3.8) is 0 Å². The van der Waals surface area contributed by atoms with Gasteiger partial charge in [-0.25, -0.2) is 9.40 Å². The number of benzene rings is 2. The highest BCUT2D eigenvalue weighted by molar-refractivity contribution is 7.99. The van der Waals surface area contributed by atoms with E-state index in [1.807, 2.05) is 65.6 Å². The van der Waals surface area contributed by atoms with E-state index in [4.69, 9.17) is 5.10 Å². The molecule has 0 saturated carbocycles. The van der Waals surface area contributed by atoms with Crippen molar-refractivity contribution in [3.05, 3.63) is 116 Å². The number of aryl methyl sites for hydroxylation is 2. The van der Waals surface area contributed by atoms with Crippen LogP contribution >= 0.6 is 34.4 Å². The summed E-state index contributed by atoms with van der Waals surface area (Å²) in [6.45, 7) is 4.17. The van der Waals surface area contributed by atoms with Crippen molar-refractivity contribution >= 4 is 52.0 Å². The molecule has 0 fully saturated rings. The summed E-state index contributed by atoms with van der Waals surface area (Å²) in [6, 6.07) is 19.5. The fourth-order valence-electron chi connectivity index (χ4n) is 4.83. The number of carbonyl (C=O) groups excluding carboxylic acids is 2. The van der Waals surface area contributed by atoms with Gasteiger partial charge in [-0.2, -0.15) is 5.10 Å². The summed E-state index contributed by atoms with van der Waals surface area (Å²) < 4.78 is 15.6. The Morgan fingerprint density at radius 2 is 1.81 bits per heavy atom. The molecule has 0 bridgehead atoms. The lowest BCUT2D eigenvalue weighted by atomic mass is 10.0. The van der Waals surface area contributed by atoms with Crippen LogP contribution in [0.3, 0.4) is 0 Å². The number of halogens is 1. The van der Waals surface area contributed by atoms with Crippen LogP contribution in [-0.2, 0) is 11.3 Å². The normalized spacial score (nSPS) is 14.6. The van der Waals surface area contributed by atoms with Gasteiger partial charge in [0, 0.05) is 6.42 Å². The van der Waals surface area contributed by atoms with Gasteiger partial charge in [0.05, 0.1) is 39.5 Å². The van der Waals surface area contributed by atoms with E-state index in [0.29, 0.717) is 22.3 Å². The molecular weight excluding hydrogens is 604 g/mol. The second kappa shape index (κ2) is 12.6. The quantitative estimate of drug-likeness (QED) is 0.187. The molecule has 4 heterocycles. The van der Waals surface area contributed by atoms with Crippen LogP contribution in [0.2, 0.25) is 0 Å². The maximum Gasteiger partial charge on any atom is 0.261 e. The zero-order valence-corrected chi connectivity index (χ0v) is 25.8. The van der Waals surface area contributed by atoms with Crippen molar-refractivity contribution in [2.45, 2.75) is 38.0 Å². The number of carbonyl (C=O) groups is 2. The fourth-order valence-corrected chi connectivity index (χ4v) is 7.01. The van der Waals surface area contributed by atoms with Gasteiger partial charge in [-0.05, 0) is 71.6 Å². The zero-order chi connectivity index (χ0) is 29.9. The summed E-state index contributed by atoms with van der Waals surface area (Å²) in [7, 11) is 0. The van der Waals surface area contributed by atoms with Gasteiger partial charge in [-0.3, -0.25) is 14.2 Å². The second-order valence-electron chi connectivity index (χ2n) is 10.0. The molecule has 8 nitrogen and oxygen atoms in total. The highest BCUT2D eigenvalue weighted by Gasteiger charge is 2.34. The molecule has 2 aromatic carbocycles. The van der Waals surface area contributed by atoms with Gasteiger partial charge in [0.2, 0.25) is 0 Å². The predicted octanol–water partition coefficient (Wildman–Crippen LogP) is 6.55. The molecule has 6 rings (SSSR count). The van der Waals surface area contributed by atoms with E-state index in [0.717, 1.165) is 33.0 Å². The molecular formula is C31H27FN6O2S3. The minimum absolute atomic E-state index is 0.0590. The molecule has 0 unspecified atom stereocenters. The topological polar surface area (TPSA) is 92.5 Å². The Kier molecular flexibility index (Phi) is 8.50. The Morgan fingerprint density at radius 3 is 2.56 bits per heavy atom. The highest BCUT2D eigenvalue weighted by atomic mass is 32.2. The maximum atomic E-state index is 13.7. The van der Waals surface area contributed by atoms with Crippen LogP contribution in [0.15, 0.2) is 87.7 Å². The van der Waals surface area contributed by atoms with Crippen LogP contribution in [0.5, 0.6) is 0 Å². The lowest BCUT2D eigenvalue weighted by molar-refractivity contribution is -0.130. The molecule has 0 saturated heterocycles. The number of nitrogens with zero attached hydrogens (tertiary/aromatic N) is 5. The van der Waals surface area contributed by atoms with Crippen molar-refractivity contribution in [3.8, 4) is 5.69 Å². The fraction of sp³-hybridized carbons (Fsp3) is 0.194. The van der Waals surface area contributed by atoms with E-state index in [2.05, 4.69) is 15.5 Å². The zero-order valence-electron chi connectivity index (χ0n) is 23.4. The molecule has 0 radical (unpaired) electrons. The summed E-state index contributed by atoms with van der Waals surface area (Å²) in [5.41, 5.74) is 4.58. The molecule has 1 N–H and O–H groups in total. The molecule has 1 atom stereocenters. The number of aromatic nitrogens is 3. The van der Waals surface area contributed by atoms with E-state index in [1.54, 1.807) is 29.5 Å². The van der Waals surface area contributed by atoms with Crippen molar-refractivity contribution in [2.24, 2.45) is 5.10 Å². The van der Waals surface area contributed by atoms with Crippen LogP contribution in [0, 0.1) is 19.7 Å². The first kappa shape index (κ1) is 29.0. The number of amides is 2. The molecule has 0 spiro atoms. The molecule has 12 heteroatoms.